The van der Waals surface area contributed by atoms with Gasteiger partial charge in [-0.2, -0.15) is 0 Å². The van der Waals surface area contributed by atoms with E-state index in [4.69, 9.17) is 0 Å². The standard InChI is InChI=1S/C14H25N3O2/c1-16(2)8-4-7-15-14(19)11-9-13(18)17(10-11)12-5-3-6-12/h11-12H,3-10H2,1-2H3,(H,15,19). The fraction of sp³-hybridized carbons (Fsp3) is 0.857. The maximum absolute atomic E-state index is 12.0. The van der Waals surface area contributed by atoms with E-state index in [9.17, 15) is 9.59 Å². The van der Waals surface area contributed by atoms with Gasteiger partial charge in [0.15, 0.2) is 0 Å². The van der Waals surface area contributed by atoms with Crippen molar-refractivity contribution in [3.05, 3.63) is 0 Å². The fourth-order valence-corrected chi connectivity index (χ4v) is 2.71. The molecular formula is C14H25N3O2. The highest BCUT2D eigenvalue weighted by Crippen LogP contribution is 2.30. The van der Waals surface area contributed by atoms with Gasteiger partial charge in [0.25, 0.3) is 0 Å². The average molecular weight is 267 g/mol. The van der Waals surface area contributed by atoms with Crippen LogP contribution in [0.25, 0.3) is 0 Å². The van der Waals surface area contributed by atoms with Crippen molar-refractivity contribution in [1.29, 1.82) is 0 Å². The summed E-state index contributed by atoms with van der Waals surface area (Å²) in [6, 6.07) is 0.416. The van der Waals surface area contributed by atoms with Gasteiger partial charge in [0.05, 0.1) is 5.92 Å². The minimum absolute atomic E-state index is 0.0499. The van der Waals surface area contributed by atoms with Crippen LogP contribution in [0.5, 0.6) is 0 Å². The summed E-state index contributed by atoms with van der Waals surface area (Å²) in [4.78, 5) is 27.9. The molecule has 1 N–H and O–H groups in total. The molecule has 1 aliphatic carbocycles. The molecular weight excluding hydrogens is 242 g/mol. The number of nitrogens with zero attached hydrogens (tertiary/aromatic N) is 2. The Hall–Kier alpha value is -1.10. The van der Waals surface area contributed by atoms with E-state index in [0.29, 0.717) is 25.6 Å². The Labute approximate surface area is 115 Å². The normalized spacial score (nSPS) is 23.8. The highest BCUT2D eigenvalue weighted by atomic mass is 16.2. The molecule has 0 spiro atoms. The van der Waals surface area contributed by atoms with Gasteiger partial charge in [-0.25, -0.2) is 0 Å². The summed E-state index contributed by atoms with van der Waals surface area (Å²) < 4.78 is 0. The summed E-state index contributed by atoms with van der Waals surface area (Å²) in [5.74, 6) is 0.0829. The van der Waals surface area contributed by atoms with Gasteiger partial charge in [0.1, 0.15) is 0 Å². The number of rotatable bonds is 6. The molecule has 19 heavy (non-hydrogen) atoms. The fourth-order valence-electron chi connectivity index (χ4n) is 2.71. The Kier molecular flexibility index (Phi) is 4.80. The van der Waals surface area contributed by atoms with Crippen LogP contribution in [0.4, 0.5) is 0 Å². The van der Waals surface area contributed by atoms with Crippen LogP contribution in [0.3, 0.4) is 0 Å². The molecule has 0 aromatic heterocycles. The van der Waals surface area contributed by atoms with Gasteiger partial charge in [-0.05, 0) is 46.3 Å². The number of hydrogen-bond acceptors (Lipinski definition) is 3. The van der Waals surface area contributed by atoms with Crippen molar-refractivity contribution >= 4 is 11.8 Å². The lowest BCUT2D eigenvalue weighted by Crippen LogP contribution is -2.42. The molecule has 1 atom stereocenters. The van der Waals surface area contributed by atoms with Crippen LogP contribution in [0.2, 0.25) is 0 Å². The Morgan fingerprint density at radius 2 is 2.16 bits per heavy atom. The van der Waals surface area contributed by atoms with Crippen LogP contribution in [0.1, 0.15) is 32.1 Å². The number of carbonyl (C=O) groups is 2. The molecule has 1 unspecified atom stereocenters. The Bertz CT molecular complexity index is 340. The topological polar surface area (TPSA) is 52.7 Å². The van der Waals surface area contributed by atoms with Gasteiger partial charge in [-0.3, -0.25) is 9.59 Å². The molecule has 2 rings (SSSR count). The van der Waals surface area contributed by atoms with Crippen LogP contribution >= 0.6 is 0 Å². The van der Waals surface area contributed by atoms with Crippen LogP contribution in [-0.4, -0.2) is 61.4 Å². The first kappa shape index (κ1) is 14.3. The third-order valence-electron chi connectivity index (χ3n) is 4.13. The second kappa shape index (κ2) is 6.37. The number of amides is 2. The third-order valence-corrected chi connectivity index (χ3v) is 4.13. The van der Waals surface area contributed by atoms with Crippen molar-refractivity contribution in [3.63, 3.8) is 0 Å². The lowest BCUT2D eigenvalue weighted by atomic mass is 9.92. The molecule has 0 aromatic carbocycles. The molecule has 1 saturated carbocycles. The number of carbonyl (C=O) groups excluding carboxylic acids is 2. The lowest BCUT2D eigenvalue weighted by Gasteiger charge is -2.34. The summed E-state index contributed by atoms with van der Waals surface area (Å²) in [5.41, 5.74) is 0. The van der Waals surface area contributed by atoms with Crippen molar-refractivity contribution in [3.8, 4) is 0 Å². The van der Waals surface area contributed by atoms with E-state index in [1.54, 1.807) is 0 Å². The van der Waals surface area contributed by atoms with Gasteiger partial charge >= 0.3 is 0 Å². The largest absolute Gasteiger partial charge is 0.356 e. The molecule has 1 aliphatic heterocycles. The highest BCUT2D eigenvalue weighted by Gasteiger charge is 2.39. The van der Waals surface area contributed by atoms with Gasteiger partial charge in [0, 0.05) is 25.6 Å². The lowest BCUT2D eigenvalue weighted by molar-refractivity contribution is -0.131. The van der Waals surface area contributed by atoms with E-state index in [2.05, 4.69) is 10.2 Å². The first-order valence-electron chi connectivity index (χ1n) is 7.30. The van der Waals surface area contributed by atoms with E-state index < -0.39 is 0 Å². The summed E-state index contributed by atoms with van der Waals surface area (Å²) in [5, 5.41) is 2.95. The van der Waals surface area contributed by atoms with Crippen molar-refractivity contribution in [2.75, 3.05) is 33.7 Å². The van der Waals surface area contributed by atoms with E-state index in [1.807, 2.05) is 19.0 Å². The van der Waals surface area contributed by atoms with Crippen LogP contribution < -0.4 is 5.32 Å². The molecule has 0 bridgehead atoms. The zero-order valence-electron chi connectivity index (χ0n) is 12.0. The molecule has 5 nitrogen and oxygen atoms in total. The summed E-state index contributed by atoms with van der Waals surface area (Å²) in [6.07, 6.45) is 4.80. The van der Waals surface area contributed by atoms with Crippen molar-refractivity contribution in [1.82, 2.24) is 15.1 Å². The molecule has 0 radical (unpaired) electrons. The summed E-state index contributed by atoms with van der Waals surface area (Å²) in [6.45, 7) is 2.30. The quantitative estimate of drug-likeness (QED) is 0.711. The molecule has 1 heterocycles. The Morgan fingerprint density at radius 1 is 1.42 bits per heavy atom. The summed E-state index contributed by atoms with van der Waals surface area (Å²) in [7, 11) is 4.04. The monoisotopic (exact) mass is 267 g/mol. The molecule has 1 saturated heterocycles. The van der Waals surface area contributed by atoms with Crippen molar-refractivity contribution in [2.24, 2.45) is 5.92 Å². The van der Waals surface area contributed by atoms with Crippen LogP contribution in [0.15, 0.2) is 0 Å². The Morgan fingerprint density at radius 3 is 2.74 bits per heavy atom. The van der Waals surface area contributed by atoms with E-state index in [1.165, 1.54) is 6.42 Å². The molecule has 2 aliphatic rings. The first-order valence-corrected chi connectivity index (χ1v) is 7.30. The van der Waals surface area contributed by atoms with E-state index >= 15 is 0 Å². The zero-order chi connectivity index (χ0) is 13.8. The van der Waals surface area contributed by atoms with Gasteiger partial charge in [-0.15, -0.1) is 0 Å². The average Bonchev–Trinajstić information content (AvgIpc) is 2.64. The minimum atomic E-state index is -0.132. The summed E-state index contributed by atoms with van der Waals surface area (Å²) >= 11 is 0. The van der Waals surface area contributed by atoms with E-state index in [0.717, 1.165) is 25.8 Å². The second-order valence-electron chi connectivity index (χ2n) is 5.98. The molecule has 5 heteroatoms. The minimum Gasteiger partial charge on any atom is -0.356 e. The van der Waals surface area contributed by atoms with Gasteiger partial charge in [0.2, 0.25) is 11.8 Å². The van der Waals surface area contributed by atoms with Gasteiger partial charge in [-0.1, -0.05) is 0 Å². The molecule has 2 fully saturated rings. The maximum atomic E-state index is 12.0. The predicted molar refractivity (Wildman–Crippen MR) is 73.6 cm³/mol. The maximum Gasteiger partial charge on any atom is 0.225 e. The molecule has 0 aromatic rings. The predicted octanol–water partition coefficient (Wildman–Crippen LogP) is 0.455. The first-order chi connectivity index (χ1) is 9.08. The zero-order valence-corrected chi connectivity index (χ0v) is 12.0. The third kappa shape index (κ3) is 3.69. The smallest absolute Gasteiger partial charge is 0.225 e. The van der Waals surface area contributed by atoms with Crippen molar-refractivity contribution in [2.45, 2.75) is 38.1 Å². The van der Waals surface area contributed by atoms with Crippen molar-refractivity contribution < 1.29 is 9.59 Å². The van der Waals surface area contributed by atoms with Crippen LogP contribution in [0, 0.1) is 5.92 Å². The number of hydrogen-bond donors (Lipinski definition) is 1. The van der Waals surface area contributed by atoms with Gasteiger partial charge < -0.3 is 15.1 Å². The number of likely N-dealkylation sites (tertiary alicyclic amines) is 1. The second-order valence-corrected chi connectivity index (χ2v) is 5.98. The highest BCUT2D eigenvalue weighted by molar-refractivity contribution is 5.89. The Balaban J connectivity index is 1.70. The molecule has 2 amide bonds. The van der Waals surface area contributed by atoms with E-state index in [-0.39, 0.29) is 17.7 Å². The van der Waals surface area contributed by atoms with Crippen LogP contribution in [-0.2, 0) is 9.59 Å². The molecule has 108 valence electrons. The number of nitrogens with one attached hydrogen (secondary N) is 1. The SMILES string of the molecule is CN(C)CCCNC(=O)C1CC(=O)N(C2CCC2)C1.